The fourth-order valence-electron chi connectivity index (χ4n) is 3.10. The lowest BCUT2D eigenvalue weighted by Crippen LogP contribution is -2.48. The predicted octanol–water partition coefficient (Wildman–Crippen LogP) is 1.52. The lowest BCUT2D eigenvalue weighted by Gasteiger charge is -2.40. The highest BCUT2D eigenvalue weighted by molar-refractivity contribution is 8.00. The first-order chi connectivity index (χ1) is 8.77. The van der Waals surface area contributed by atoms with Gasteiger partial charge in [-0.25, -0.2) is 0 Å². The quantitative estimate of drug-likeness (QED) is 0.827. The third-order valence-electron chi connectivity index (χ3n) is 4.20. The van der Waals surface area contributed by atoms with E-state index in [1.165, 1.54) is 0 Å². The lowest BCUT2D eigenvalue weighted by atomic mass is 9.90. The number of ether oxygens (including phenoxy) is 3. The van der Waals surface area contributed by atoms with E-state index in [0.717, 1.165) is 58.5 Å². The van der Waals surface area contributed by atoms with Crippen molar-refractivity contribution in [3.63, 3.8) is 0 Å². The monoisotopic (exact) mass is 273 g/mol. The van der Waals surface area contributed by atoms with Crippen LogP contribution in [0.15, 0.2) is 0 Å². The van der Waals surface area contributed by atoms with Gasteiger partial charge in [-0.2, -0.15) is 11.8 Å². The van der Waals surface area contributed by atoms with Gasteiger partial charge >= 0.3 is 0 Å². The first-order valence-electron chi connectivity index (χ1n) is 7.04. The van der Waals surface area contributed by atoms with E-state index in [0.29, 0.717) is 10.5 Å². The highest BCUT2D eigenvalue weighted by Gasteiger charge is 2.44. The molecule has 0 amide bonds. The van der Waals surface area contributed by atoms with Crippen molar-refractivity contribution in [3.05, 3.63) is 0 Å². The number of rotatable bonds is 2. The third kappa shape index (κ3) is 2.85. The van der Waals surface area contributed by atoms with Gasteiger partial charge in [-0.3, -0.25) is 0 Å². The number of thioether (sulfide) groups is 1. The van der Waals surface area contributed by atoms with Crippen molar-refractivity contribution < 1.29 is 14.2 Å². The zero-order chi connectivity index (χ0) is 12.4. The molecule has 0 radical (unpaired) electrons. The molecule has 0 aromatic carbocycles. The molecule has 3 aliphatic rings. The summed E-state index contributed by atoms with van der Waals surface area (Å²) >= 11 is 2.05. The van der Waals surface area contributed by atoms with Gasteiger partial charge in [-0.15, -0.1) is 0 Å². The lowest BCUT2D eigenvalue weighted by molar-refractivity contribution is -0.176. The van der Waals surface area contributed by atoms with Crippen LogP contribution in [-0.4, -0.2) is 48.8 Å². The second kappa shape index (κ2) is 5.67. The summed E-state index contributed by atoms with van der Waals surface area (Å²) in [7, 11) is 0. The van der Waals surface area contributed by atoms with Crippen LogP contribution in [0.3, 0.4) is 0 Å². The molecule has 5 heteroatoms. The van der Waals surface area contributed by atoms with Crippen molar-refractivity contribution in [2.75, 3.05) is 26.4 Å². The summed E-state index contributed by atoms with van der Waals surface area (Å²) in [6.07, 6.45) is 5.24. The van der Waals surface area contributed by atoms with Crippen LogP contribution < -0.4 is 5.73 Å². The normalized spacial score (nSPS) is 37.2. The van der Waals surface area contributed by atoms with Crippen LogP contribution in [0.25, 0.3) is 0 Å². The predicted molar refractivity (Wildman–Crippen MR) is 71.7 cm³/mol. The molecular formula is C13H23NO3S. The zero-order valence-corrected chi connectivity index (χ0v) is 11.6. The molecule has 3 fully saturated rings. The van der Waals surface area contributed by atoms with Crippen LogP contribution >= 0.6 is 11.8 Å². The smallest absolute Gasteiger partial charge is 0.169 e. The molecule has 2 N–H and O–H groups in total. The zero-order valence-electron chi connectivity index (χ0n) is 10.8. The maximum absolute atomic E-state index is 6.28. The number of hydrogen-bond acceptors (Lipinski definition) is 5. The van der Waals surface area contributed by atoms with Gasteiger partial charge in [-0.1, -0.05) is 0 Å². The summed E-state index contributed by atoms with van der Waals surface area (Å²) in [4.78, 5) is 0. The molecular weight excluding hydrogens is 250 g/mol. The van der Waals surface area contributed by atoms with Gasteiger partial charge < -0.3 is 19.9 Å². The Kier molecular flexibility index (Phi) is 4.15. The van der Waals surface area contributed by atoms with Crippen LogP contribution in [0.4, 0.5) is 0 Å². The maximum Gasteiger partial charge on any atom is 0.169 e. The summed E-state index contributed by atoms with van der Waals surface area (Å²) in [5.74, 6) is -0.307. The van der Waals surface area contributed by atoms with E-state index in [2.05, 4.69) is 0 Å². The molecule has 1 saturated carbocycles. The summed E-state index contributed by atoms with van der Waals surface area (Å²) in [6.45, 7) is 3.28. The fraction of sp³-hybridized carbons (Fsp3) is 1.00. The minimum atomic E-state index is -0.307. The van der Waals surface area contributed by atoms with Gasteiger partial charge in [0.25, 0.3) is 0 Å². The minimum absolute atomic E-state index is 0.288. The molecule has 2 saturated heterocycles. The van der Waals surface area contributed by atoms with E-state index in [1.54, 1.807) is 0 Å². The molecule has 2 aliphatic heterocycles. The van der Waals surface area contributed by atoms with Crippen LogP contribution in [0.1, 0.15) is 32.1 Å². The molecule has 1 spiro atoms. The molecule has 1 aliphatic carbocycles. The summed E-state index contributed by atoms with van der Waals surface area (Å²) in [6, 6.07) is 0.288. The molecule has 2 unspecified atom stereocenters. The molecule has 0 aromatic rings. The van der Waals surface area contributed by atoms with Gasteiger partial charge in [0.15, 0.2) is 5.79 Å². The highest BCUT2D eigenvalue weighted by Crippen LogP contribution is 2.42. The van der Waals surface area contributed by atoms with Gasteiger partial charge in [0, 0.05) is 42.6 Å². The second-order valence-corrected chi connectivity index (χ2v) is 7.04. The van der Waals surface area contributed by atoms with E-state index < -0.39 is 0 Å². The first-order valence-corrected chi connectivity index (χ1v) is 7.98. The Morgan fingerprint density at radius 2 is 1.72 bits per heavy atom. The molecule has 2 heterocycles. The summed E-state index contributed by atoms with van der Waals surface area (Å²) < 4.78 is 17.1. The molecule has 4 nitrogen and oxygen atoms in total. The van der Waals surface area contributed by atoms with E-state index in [9.17, 15) is 0 Å². The molecule has 0 bridgehead atoms. The van der Waals surface area contributed by atoms with Crippen molar-refractivity contribution in [3.8, 4) is 0 Å². The Bertz CT molecular complexity index is 277. The Balaban J connectivity index is 1.58. The first kappa shape index (κ1) is 13.2. The largest absolute Gasteiger partial charge is 0.381 e. The highest BCUT2D eigenvalue weighted by atomic mass is 32.2. The Morgan fingerprint density at radius 3 is 2.44 bits per heavy atom. The van der Waals surface area contributed by atoms with Crippen molar-refractivity contribution >= 4 is 11.8 Å². The maximum atomic E-state index is 6.28. The molecule has 0 aromatic heterocycles. The van der Waals surface area contributed by atoms with E-state index in [4.69, 9.17) is 19.9 Å². The molecule has 18 heavy (non-hydrogen) atoms. The second-order valence-electron chi connectivity index (χ2n) is 5.50. The summed E-state index contributed by atoms with van der Waals surface area (Å²) in [5.41, 5.74) is 6.28. The number of hydrogen-bond donors (Lipinski definition) is 1. The van der Waals surface area contributed by atoms with Crippen molar-refractivity contribution in [1.29, 1.82) is 0 Å². The van der Waals surface area contributed by atoms with Crippen LogP contribution in [0.5, 0.6) is 0 Å². The van der Waals surface area contributed by atoms with E-state index in [-0.39, 0.29) is 11.8 Å². The van der Waals surface area contributed by atoms with Crippen LogP contribution in [-0.2, 0) is 14.2 Å². The van der Waals surface area contributed by atoms with Crippen LogP contribution in [0, 0.1) is 0 Å². The van der Waals surface area contributed by atoms with Gasteiger partial charge in [0.1, 0.15) is 0 Å². The molecule has 104 valence electrons. The number of nitrogens with two attached hydrogens (primary N) is 1. The van der Waals surface area contributed by atoms with Crippen molar-refractivity contribution in [2.45, 2.75) is 54.4 Å². The fourth-order valence-corrected chi connectivity index (χ4v) is 4.75. The van der Waals surface area contributed by atoms with E-state index in [1.807, 2.05) is 11.8 Å². The van der Waals surface area contributed by atoms with Gasteiger partial charge in [-0.05, 0) is 19.3 Å². The molecule has 3 rings (SSSR count). The van der Waals surface area contributed by atoms with Crippen molar-refractivity contribution in [1.82, 2.24) is 0 Å². The Labute approximate surface area is 113 Å². The molecule has 2 atom stereocenters. The Morgan fingerprint density at radius 1 is 1.00 bits per heavy atom. The van der Waals surface area contributed by atoms with Crippen LogP contribution in [0.2, 0.25) is 0 Å². The third-order valence-corrected chi connectivity index (χ3v) is 5.92. The standard InChI is InChI=1S/C13H23NO3S/c14-11-1-4-13(16-7-8-17-13)9-12(11)18-10-2-5-15-6-3-10/h10-12H,1-9,14H2. The van der Waals surface area contributed by atoms with Gasteiger partial charge in [0.2, 0.25) is 0 Å². The topological polar surface area (TPSA) is 53.7 Å². The van der Waals surface area contributed by atoms with Gasteiger partial charge in [0.05, 0.1) is 13.2 Å². The SMILES string of the molecule is NC1CCC2(CC1SC1CCOCC1)OCCO2. The Hall–Kier alpha value is 0.190. The average Bonchev–Trinajstić information content (AvgIpc) is 2.84. The average molecular weight is 273 g/mol. The summed E-state index contributed by atoms with van der Waals surface area (Å²) in [5, 5.41) is 1.17. The minimum Gasteiger partial charge on any atom is -0.381 e. The van der Waals surface area contributed by atoms with Crippen molar-refractivity contribution in [2.24, 2.45) is 5.73 Å². The van der Waals surface area contributed by atoms with E-state index >= 15 is 0 Å².